The molecule has 0 unspecified atom stereocenters. The number of nitrogens with zero attached hydrogens (tertiary/aromatic N) is 2. The van der Waals surface area contributed by atoms with Crippen LogP contribution >= 0.6 is 0 Å². The largest absolute Gasteiger partial charge is 0.368 e. The summed E-state index contributed by atoms with van der Waals surface area (Å²) in [4.78, 5) is 7.05. The highest BCUT2D eigenvalue weighted by Crippen LogP contribution is 2.33. The molecular formula is C21H23N3. The molecule has 4 rings (SSSR count). The van der Waals surface area contributed by atoms with Gasteiger partial charge in [-0.2, -0.15) is 0 Å². The van der Waals surface area contributed by atoms with Crippen LogP contribution < -0.4 is 10.2 Å². The lowest BCUT2D eigenvalue weighted by molar-refractivity contribution is 0.349. The zero-order valence-electron chi connectivity index (χ0n) is 14.0. The molecule has 1 aliphatic heterocycles. The molecule has 1 aromatic heterocycles. The average Bonchev–Trinajstić information content (AvgIpc) is 2.68. The number of nitrogens with one attached hydrogen (secondary N) is 1. The van der Waals surface area contributed by atoms with E-state index in [9.17, 15) is 0 Å². The van der Waals surface area contributed by atoms with Gasteiger partial charge in [-0.15, -0.1) is 0 Å². The highest BCUT2D eigenvalue weighted by Gasteiger charge is 2.30. The van der Waals surface area contributed by atoms with E-state index in [4.69, 9.17) is 0 Å². The van der Waals surface area contributed by atoms with Crippen LogP contribution in [0.25, 0.3) is 10.9 Å². The summed E-state index contributed by atoms with van der Waals surface area (Å²) in [5.41, 5.74) is 3.66. The number of piperidine rings is 1. The van der Waals surface area contributed by atoms with Crippen LogP contribution in [-0.2, 0) is 0 Å². The number of fused-ring (bicyclic) bond motifs is 1. The quantitative estimate of drug-likeness (QED) is 0.786. The Balaban J connectivity index is 1.72. The van der Waals surface area contributed by atoms with Crippen molar-refractivity contribution in [3.63, 3.8) is 0 Å². The molecule has 0 amide bonds. The van der Waals surface area contributed by atoms with Gasteiger partial charge in [-0.1, -0.05) is 48.5 Å². The van der Waals surface area contributed by atoms with E-state index in [1.54, 1.807) is 0 Å². The van der Waals surface area contributed by atoms with Crippen molar-refractivity contribution in [2.75, 3.05) is 18.5 Å². The molecule has 3 heteroatoms. The molecule has 0 spiro atoms. The van der Waals surface area contributed by atoms with Crippen molar-refractivity contribution < 1.29 is 0 Å². The van der Waals surface area contributed by atoms with Crippen molar-refractivity contribution in [1.82, 2.24) is 10.3 Å². The SMILES string of the molecule is CN(c1cccc2cccnc12)[C@H]1CCCN[C@H]1c1ccccc1. The topological polar surface area (TPSA) is 28.2 Å². The summed E-state index contributed by atoms with van der Waals surface area (Å²) in [7, 11) is 2.21. The first-order chi connectivity index (χ1) is 11.8. The number of pyridine rings is 1. The molecule has 0 radical (unpaired) electrons. The molecule has 3 nitrogen and oxygen atoms in total. The van der Waals surface area contributed by atoms with Crippen LogP contribution in [0.4, 0.5) is 5.69 Å². The van der Waals surface area contributed by atoms with Crippen LogP contribution in [0.1, 0.15) is 24.4 Å². The Kier molecular flexibility index (Phi) is 4.18. The summed E-state index contributed by atoms with van der Waals surface area (Å²) in [6.07, 6.45) is 4.27. The van der Waals surface area contributed by atoms with Crippen molar-refractivity contribution in [2.24, 2.45) is 0 Å². The number of likely N-dealkylation sites (N-methyl/N-ethyl adjacent to an activating group) is 1. The second-order valence-electron chi connectivity index (χ2n) is 6.52. The second kappa shape index (κ2) is 6.62. The molecule has 0 saturated carbocycles. The maximum atomic E-state index is 4.63. The Morgan fingerprint density at radius 3 is 2.71 bits per heavy atom. The van der Waals surface area contributed by atoms with E-state index in [0.29, 0.717) is 12.1 Å². The van der Waals surface area contributed by atoms with E-state index < -0.39 is 0 Å². The smallest absolute Gasteiger partial charge is 0.0935 e. The molecule has 2 atom stereocenters. The Morgan fingerprint density at radius 2 is 1.83 bits per heavy atom. The summed E-state index contributed by atoms with van der Waals surface area (Å²) < 4.78 is 0. The molecule has 0 bridgehead atoms. The first-order valence-corrected chi connectivity index (χ1v) is 8.69. The van der Waals surface area contributed by atoms with Gasteiger partial charge in [-0.25, -0.2) is 0 Å². The lowest BCUT2D eigenvalue weighted by Crippen LogP contribution is -2.47. The Hall–Kier alpha value is -2.39. The first kappa shape index (κ1) is 15.2. The molecule has 2 heterocycles. The number of anilines is 1. The van der Waals surface area contributed by atoms with Crippen molar-refractivity contribution in [2.45, 2.75) is 24.9 Å². The van der Waals surface area contributed by atoms with Crippen LogP contribution in [0.2, 0.25) is 0 Å². The predicted octanol–water partition coefficient (Wildman–Crippen LogP) is 4.16. The molecule has 1 aliphatic rings. The lowest BCUT2D eigenvalue weighted by atomic mass is 9.91. The van der Waals surface area contributed by atoms with Gasteiger partial charge in [-0.05, 0) is 37.1 Å². The predicted molar refractivity (Wildman–Crippen MR) is 100 cm³/mol. The highest BCUT2D eigenvalue weighted by atomic mass is 15.2. The van der Waals surface area contributed by atoms with Gasteiger partial charge < -0.3 is 10.2 Å². The molecule has 1 saturated heterocycles. The number of para-hydroxylation sites is 1. The summed E-state index contributed by atoms with van der Waals surface area (Å²) in [6, 6.07) is 22.1. The zero-order chi connectivity index (χ0) is 16.4. The number of rotatable bonds is 3. The van der Waals surface area contributed by atoms with Gasteiger partial charge in [0.1, 0.15) is 0 Å². The van der Waals surface area contributed by atoms with Gasteiger partial charge in [0.25, 0.3) is 0 Å². The molecular weight excluding hydrogens is 294 g/mol. The third kappa shape index (κ3) is 2.76. The normalized spacial score (nSPS) is 20.9. The van der Waals surface area contributed by atoms with Crippen molar-refractivity contribution in [3.05, 3.63) is 72.4 Å². The number of benzene rings is 2. The summed E-state index contributed by atoms with van der Waals surface area (Å²) >= 11 is 0. The molecule has 122 valence electrons. The Morgan fingerprint density at radius 1 is 1.00 bits per heavy atom. The molecule has 0 aliphatic carbocycles. The highest BCUT2D eigenvalue weighted by molar-refractivity contribution is 5.90. The third-order valence-electron chi connectivity index (χ3n) is 5.07. The minimum absolute atomic E-state index is 0.351. The van der Waals surface area contributed by atoms with E-state index in [-0.39, 0.29) is 0 Å². The summed E-state index contributed by atoms with van der Waals surface area (Å²) in [5.74, 6) is 0. The van der Waals surface area contributed by atoms with Crippen molar-refractivity contribution in [1.29, 1.82) is 0 Å². The van der Waals surface area contributed by atoms with Crippen LogP contribution in [0, 0.1) is 0 Å². The molecule has 3 aromatic rings. The Bertz CT molecular complexity index is 810. The minimum Gasteiger partial charge on any atom is -0.368 e. The van der Waals surface area contributed by atoms with Gasteiger partial charge in [0.2, 0.25) is 0 Å². The zero-order valence-corrected chi connectivity index (χ0v) is 14.0. The van der Waals surface area contributed by atoms with Crippen LogP contribution in [0.15, 0.2) is 66.9 Å². The maximum absolute atomic E-state index is 4.63. The van der Waals surface area contributed by atoms with Gasteiger partial charge in [-0.3, -0.25) is 4.98 Å². The maximum Gasteiger partial charge on any atom is 0.0935 e. The van der Waals surface area contributed by atoms with Gasteiger partial charge in [0.15, 0.2) is 0 Å². The van der Waals surface area contributed by atoms with Gasteiger partial charge >= 0.3 is 0 Å². The average molecular weight is 317 g/mol. The molecule has 24 heavy (non-hydrogen) atoms. The fourth-order valence-corrected chi connectivity index (χ4v) is 3.84. The van der Waals surface area contributed by atoms with E-state index in [2.05, 4.69) is 76.8 Å². The standard InChI is InChI=1S/C21H23N3/c1-24(18-12-5-10-17-11-6-14-22-21(17)18)19-13-7-15-23-20(19)16-8-3-2-4-9-16/h2-6,8-12,14,19-20,23H,7,13,15H2,1H3/t19-,20-/m0/s1. The number of hydrogen-bond donors (Lipinski definition) is 1. The van der Waals surface area contributed by atoms with E-state index in [1.165, 1.54) is 29.5 Å². The van der Waals surface area contributed by atoms with E-state index >= 15 is 0 Å². The van der Waals surface area contributed by atoms with Gasteiger partial charge in [0, 0.05) is 24.7 Å². The summed E-state index contributed by atoms with van der Waals surface area (Å²) in [5, 5.41) is 4.92. The van der Waals surface area contributed by atoms with Crippen molar-refractivity contribution >= 4 is 16.6 Å². The fraction of sp³-hybridized carbons (Fsp3) is 0.286. The van der Waals surface area contributed by atoms with Crippen molar-refractivity contribution in [3.8, 4) is 0 Å². The summed E-state index contributed by atoms with van der Waals surface area (Å²) in [6.45, 7) is 1.08. The number of aromatic nitrogens is 1. The van der Waals surface area contributed by atoms with Crippen LogP contribution in [0.5, 0.6) is 0 Å². The van der Waals surface area contributed by atoms with Crippen LogP contribution in [0.3, 0.4) is 0 Å². The molecule has 1 fully saturated rings. The minimum atomic E-state index is 0.351. The van der Waals surface area contributed by atoms with Crippen LogP contribution in [-0.4, -0.2) is 24.6 Å². The lowest BCUT2D eigenvalue weighted by Gasteiger charge is -2.40. The molecule has 1 N–H and O–H groups in total. The fourth-order valence-electron chi connectivity index (χ4n) is 3.84. The molecule has 2 aromatic carbocycles. The second-order valence-corrected chi connectivity index (χ2v) is 6.52. The first-order valence-electron chi connectivity index (χ1n) is 8.69. The van der Waals surface area contributed by atoms with E-state index in [0.717, 1.165) is 12.1 Å². The Labute approximate surface area is 143 Å². The number of hydrogen-bond acceptors (Lipinski definition) is 3. The third-order valence-corrected chi connectivity index (χ3v) is 5.07. The van der Waals surface area contributed by atoms with Gasteiger partial charge in [0.05, 0.1) is 17.2 Å². The monoisotopic (exact) mass is 317 g/mol. The van der Waals surface area contributed by atoms with E-state index in [1.807, 2.05) is 12.3 Å².